The second-order valence-corrected chi connectivity index (χ2v) is 6.55. The number of amides is 1. The van der Waals surface area contributed by atoms with E-state index in [-0.39, 0.29) is 11.2 Å². The van der Waals surface area contributed by atoms with Gasteiger partial charge >= 0.3 is 6.18 Å². The summed E-state index contributed by atoms with van der Waals surface area (Å²) in [6.45, 7) is 3.74. The van der Waals surface area contributed by atoms with Gasteiger partial charge in [-0.1, -0.05) is 17.7 Å². The van der Waals surface area contributed by atoms with Crippen molar-refractivity contribution in [3.8, 4) is 0 Å². The quantitative estimate of drug-likeness (QED) is 0.782. The minimum absolute atomic E-state index is 0.254. The monoisotopic (exact) mass is 339 g/mol. The van der Waals surface area contributed by atoms with Crippen LogP contribution in [0.25, 0.3) is 0 Å². The third-order valence-corrected chi connectivity index (χ3v) is 4.29. The Morgan fingerprint density at radius 3 is 2.13 bits per heavy atom. The highest BCUT2D eigenvalue weighted by atomic mass is 32.2. The number of carbonyl (C=O) groups is 1. The van der Waals surface area contributed by atoms with Crippen molar-refractivity contribution >= 4 is 23.4 Å². The molecular formula is C17H16F3NOS. The van der Waals surface area contributed by atoms with Gasteiger partial charge in [0.25, 0.3) is 0 Å². The van der Waals surface area contributed by atoms with Crippen molar-refractivity contribution in [1.82, 2.24) is 0 Å². The van der Waals surface area contributed by atoms with Crippen LogP contribution < -0.4 is 5.32 Å². The van der Waals surface area contributed by atoms with Crippen molar-refractivity contribution in [2.75, 3.05) is 5.32 Å². The van der Waals surface area contributed by atoms with Crippen LogP contribution in [0.3, 0.4) is 0 Å². The van der Waals surface area contributed by atoms with Crippen LogP contribution in [-0.4, -0.2) is 11.2 Å². The second kappa shape index (κ2) is 7.08. The minimum atomic E-state index is -4.38. The zero-order valence-corrected chi connectivity index (χ0v) is 13.5. The van der Waals surface area contributed by atoms with Crippen LogP contribution in [0, 0.1) is 6.92 Å². The molecular weight excluding hydrogens is 323 g/mol. The number of aryl methyl sites for hydroxylation is 1. The van der Waals surface area contributed by atoms with Crippen molar-refractivity contribution in [2.24, 2.45) is 0 Å². The summed E-state index contributed by atoms with van der Waals surface area (Å²) in [6.07, 6.45) is -4.38. The molecule has 122 valence electrons. The first-order valence-corrected chi connectivity index (χ1v) is 7.85. The summed E-state index contributed by atoms with van der Waals surface area (Å²) in [7, 11) is 0. The maximum absolute atomic E-state index is 12.5. The Kier molecular flexibility index (Phi) is 5.36. The molecule has 2 rings (SSSR count). The smallest absolute Gasteiger partial charge is 0.325 e. The molecule has 0 radical (unpaired) electrons. The number of hydrogen-bond acceptors (Lipinski definition) is 2. The summed E-state index contributed by atoms with van der Waals surface area (Å²) in [5.74, 6) is -0.254. The molecule has 6 heteroatoms. The van der Waals surface area contributed by atoms with Gasteiger partial charge in [-0.15, -0.1) is 11.8 Å². The molecule has 0 spiro atoms. The Balaban J connectivity index is 1.96. The molecule has 2 nitrogen and oxygen atoms in total. The Bertz CT molecular complexity index is 666. The lowest BCUT2D eigenvalue weighted by Gasteiger charge is -2.13. The van der Waals surface area contributed by atoms with Crippen LogP contribution in [0.2, 0.25) is 0 Å². The molecule has 2 aromatic rings. The van der Waals surface area contributed by atoms with E-state index in [0.717, 1.165) is 22.6 Å². The number of nitrogens with one attached hydrogen (secondary N) is 1. The number of carbonyl (C=O) groups excluding carboxylic acids is 1. The van der Waals surface area contributed by atoms with E-state index in [1.807, 2.05) is 31.2 Å². The third kappa shape index (κ3) is 5.03. The predicted molar refractivity (Wildman–Crippen MR) is 86.6 cm³/mol. The van der Waals surface area contributed by atoms with Crippen molar-refractivity contribution in [3.63, 3.8) is 0 Å². The first kappa shape index (κ1) is 17.4. The summed E-state index contributed by atoms with van der Waals surface area (Å²) >= 11 is 1.39. The molecule has 1 atom stereocenters. The molecule has 0 bridgehead atoms. The SMILES string of the molecule is Cc1ccc(S[C@H](C)C(=O)Nc2ccc(C(F)(F)F)cc2)cc1. The zero-order valence-electron chi connectivity index (χ0n) is 12.6. The van der Waals surface area contributed by atoms with Gasteiger partial charge in [0.1, 0.15) is 0 Å². The summed E-state index contributed by atoms with van der Waals surface area (Å²) in [5, 5.41) is 2.26. The number of benzene rings is 2. The molecule has 23 heavy (non-hydrogen) atoms. The highest BCUT2D eigenvalue weighted by Gasteiger charge is 2.30. The van der Waals surface area contributed by atoms with E-state index in [0.29, 0.717) is 5.69 Å². The van der Waals surface area contributed by atoms with Gasteiger partial charge in [0, 0.05) is 10.6 Å². The molecule has 0 unspecified atom stereocenters. The van der Waals surface area contributed by atoms with Crippen LogP contribution in [0.15, 0.2) is 53.4 Å². The van der Waals surface area contributed by atoms with Crippen LogP contribution in [0.1, 0.15) is 18.1 Å². The average Bonchev–Trinajstić information content (AvgIpc) is 2.49. The first-order valence-electron chi connectivity index (χ1n) is 6.97. The van der Waals surface area contributed by atoms with Gasteiger partial charge in [0.15, 0.2) is 0 Å². The number of alkyl halides is 3. The van der Waals surface area contributed by atoms with Gasteiger partial charge < -0.3 is 5.32 Å². The molecule has 0 saturated carbocycles. The van der Waals surface area contributed by atoms with E-state index in [1.165, 1.54) is 23.9 Å². The van der Waals surface area contributed by atoms with Gasteiger partial charge in [-0.25, -0.2) is 0 Å². The van der Waals surface area contributed by atoms with Gasteiger partial charge in [-0.05, 0) is 50.2 Å². The van der Waals surface area contributed by atoms with Gasteiger partial charge in [0.05, 0.1) is 10.8 Å². The lowest BCUT2D eigenvalue weighted by Crippen LogP contribution is -2.22. The van der Waals surface area contributed by atoms with Crippen molar-refractivity contribution in [1.29, 1.82) is 0 Å². The Labute approximate surface area is 137 Å². The maximum Gasteiger partial charge on any atom is 0.416 e. The van der Waals surface area contributed by atoms with Crippen LogP contribution in [0.5, 0.6) is 0 Å². The molecule has 0 aliphatic rings. The molecule has 0 aliphatic heterocycles. The second-order valence-electron chi connectivity index (χ2n) is 5.14. The Hall–Kier alpha value is -1.95. The van der Waals surface area contributed by atoms with Crippen LogP contribution >= 0.6 is 11.8 Å². The Morgan fingerprint density at radius 1 is 1.04 bits per heavy atom. The van der Waals surface area contributed by atoms with E-state index in [9.17, 15) is 18.0 Å². The highest BCUT2D eigenvalue weighted by Crippen LogP contribution is 2.30. The largest absolute Gasteiger partial charge is 0.416 e. The summed E-state index contributed by atoms with van der Waals surface area (Å²) in [5.41, 5.74) is 0.744. The van der Waals surface area contributed by atoms with Gasteiger partial charge in [0.2, 0.25) is 5.91 Å². The minimum Gasteiger partial charge on any atom is -0.325 e. The average molecular weight is 339 g/mol. The first-order chi connectivity index (χ1) is 10.8. The topological polar surface area (TPSA) is 29.1 Å². The number of halogens is 3. The molecule has 1 N–H and O–H groups in total. The fourth-order valence-corrected chi connectivity index (χ4v) is 2.73. The van der Waals surface area contributed by atoms with E-state index >= 15 is 0 Å². The number of thioether (sulfide) groups is 1. The summed E-state index contributed by atoms with van der Waals surface area (Å²) < 4.78 is 37.5. The summed E-state index contributed by atoms with van der Waals surface area (Å²) in [4.78, 5) is 13.1. The number of hydrogen-bond donors (Lipinski definition) is 1. The van der Waals surface area contributed by atoms with E-state index in [4.69, 9.17) is 0 Å². The van der Waals surface area contributed by atoms with Crippen molar-refractivity contribution in [3.05, 3.63) is 59.7 Å². The fraction of sp³-hybridized carbons (Fsp3) is 0.235. The molecule has 2 aromatic carbocycles. The van der Waals surface area contributed by atoms with Gasteiger partial charge in [-0.2, -0.15) is 13.2 Å². The molecule has 0 saturated heterocycles. The van der Waals surface area contributed by atoms with Crippen molar-refractivity contribution in [2.45, 2.75) is 30.2 Å². The molecule has 0 aliphatic carbocycles. The molecule has 0 heterocycles. The lowest BCUT2D eigenvalue weighted by atomic mass is 10.2. The molecule has 0 aromatic heterocycles. The summed E-state index contributed by atoms with van der Waals surface area (Å²) in [6, 6.07) is 12.2. The van der Waals surface area contributed by atoms with Gasteiger partial charge in [-0.3, -0.25) is 4.79 Å². The molecule has 1 amide bonds. The maximum atomic E-state index is 12.5. The fourth-order valence-electron chi connectivity index (χ4n) is 1.86. The standard InChI is InChI=1S/C17H16F3NOS/c1-11-3-9-15(10-4-11)23-12(2)16(22)21-14-7-5-13(6-8-14)17(18,19)20/h3-10,12H,1-2H3,(H,21,22)/t12-/m1/s1. The van der Waals surface area contributed by atoms with Crippen LogP contribution in [0.4, 0.5) is 18.9 Å². The van der Waals surface area contributed by atoms with E-state index in [1.54, 1.807) is 6.92 Å². The highest BCUT2D eigenvalue weighted by molar-refractivity contribution is 8.00. The van der Waals surface area contributed by atoms with Crippen molar-refractivity contribution < 1.29 is 18.0 Å². The zero-order chi connectivity index (χ0) is 17.0. The van der Waals surface area contributed by atoms with E-state index < -0.39 is 11.7 Å². The van der Waals surface area contributed by atoms with Crippen LogP contribution in [-0.2, 0) is 11.0 Å². The third-order valence-electron chi connectivity index (χ3n) is 3.18. The number of rotatable bonds is 4. The van der Waals surface area contributed by atoms with E-state index in [2.05, 4.69) is 5.32 Å². The molecule has 0 fully saturated rings. The normalized spacial score (nSPS) is 12.7. The predicted octanol–water partition coefficient (Wildman–Crippen LogP) is 5.13. The Morgan fingerprint density at radius 2 is 1.61 bits per heavy atom. The number of anilines is 1. The lowest BCUT2D eigenvalue weighted by molar-refractivity contribution is -0.137.